The molecule has 0 saturated carbocycles. The van der Waals surface area contributed by atoms with E-state index in [0.29, 0.717) is 5.15 Å². The molecule has 0 amide bonds. The first-order chi connectivity index (χ1) is 7.42. The van der Waals surface area contributed by atoms with E-state index < -0.39 is 0 Å². The molecule has 2 heterocycles. The third-order valence-corrected chi connectivity index (χ3v) is 3.47. The zero-order chi connectivity index (χ0) is 11.9. The minimum atomic E-state index is 0.150. The summed E-state index contributed by atoms with van der Waals surface area (Å²) in [5, 5.41) is 3.89. The van der Waals surface area contributed by atoms with Gasteiger partial charge in [0.2, 0.25) is 0 Å². The van der Waals surface area contributed by atoms with Crippen molar-refractivity contribution in [3.63, 3.8) is 0 Å². The fourth-order valence-corrected chi connectivity index (χ4v) is 2.33. The Morgan fingerprint density at radius 3 is 2.88 bits per heavy atom. The van der Waals surface area contributed by atoms with Crippen LogP contribution in [0.4, 0.5) is 5.69 Å². The summed E-state index contributed by atoms with van der Waals surface area (Å²) in [6.07, 6.45) is 1.11. The Kier molecular flexibility index (Phi) is 2.70. The van der Waals surface area contributed by atoms with Crippen LogP contribution >= 0.6 is 11.6 Å². The minimum absolute atomic E-state index is 0.150. The molecule has 1 aromatic rings. The van der Waals surface area contributed by atoms with Crippen LogP contribution < -0.4 is 5.32 Å². The van der Waals surface area contributed by atoms with Crippen LogP contribution in [-0.4, -0.2) is 11.5 Å². The molecule has 16 heavy (non-hydrogen) atoms. The number of rotatable bonds is 1. The second kappa shape index (κ2) is 3.77. The molecular weight excluding hydrogens is 220 g/mol. The molecule has 86 valence electrons. The van der Waals surface area contributed by atoms with E-state index in [9.17, 15) is 0 Å². The maximum absolute atomic E-state index is 6.20. The van der Waals surface area contributed by atoms with Crippen molar-refractivity contribution in [2.45, 2.75) is 32.6 Å². The summed E-state index contributed by atoms with van der Waals surface area (Å²) >= 11 is 6.20. The number of fused-ring (bicyclic) bond motifs is 1. The lowest BCUT2D eigenvalue weighted by Gasteiger charge is -2.33. The average molecular weight is 237 g/mol. The third kappa shape index (κ3) is 1.82. The summed E-state index contributed by atoms with van der Waals surface area (Å²) in [5.74, 6) is 0. The Morgan fingerprint density at radius 1 is 1.56 bits per heavy atom. The number of pyridine rings is 1. The van der Waals surface area contributed by atoms with Gasteiger partial charge in [0.15, 0.2) is 5.15 Å². The zero-order valence-electron chi connectivity index (χ0n) is 10.0. The SMILES string of the molecule is C=C(C)c1cc2c(c(Cl)n1)NCCC2(C)C. The highest BCUT2D eigenvalue weighted by Gasteiger charge is 2.29. The predicted molar refractivity (Wildman–Crippen MR) is 70.1 cm³/mol. The molecule has 0 spiro atoms. The Hall–Kier alpha value is -1.02. The number of nitrogens with zero attached hydrogens (tertiary/aromatic N) is 1. The Balaban J connectivity index is 2.64. The second-order valence-corrected chi connectivity index (χ2v) is 5.42. The molecular formula is C13H17ClN2. The standard InChI is InChI=1S/C13H17ClN2/c1-8(2)10-7-9-11(12(14)16-10)15-6-5-13(9,3)4/h7,15H,1,5-6H2,2-4H3. The van der Waals surface area contributed by atoms with Gasteiger partial charge < -0.3 is 5.32 Å². The first-order valence-corrected chi connectivity index (χ1v) is 5.90. The minimum Gasteiger partial charge on any atom is -0.382 e. The normalized spacial score (nSPS) is 17.5. The Bertz CT molecular complexity index is 449. The van der Waals surface area contributed by atoms with Gasteiger partial charge in [-0.1, -0.05) is 32.0 Å². The molecule has 2 rings (SSSR count). The van der Waals surface area contributed by atoms with Gasteiger partial charge in [0.25, 0.3) is 0 Å². The van der Waals surface area contributed by atoms with E-state index in [-0.39, 0.29) is 5.41 Å². The quantitative estimate of drug-likeness (QED) is 0.749. The highest BCUT2D eigenvalue weighted by molar-refractivity contribution is 6.32. The number of hydrogen-bond donors (Lipinski definition) is 1. The largest absolute Gasteiger partial charge is 0.382 e. The number of nitrogens with one attached hydrogen (secondary N) is 1. The van der Waals surface area contributed by atoms with Crippen LogP contribution in [0.25, 0.3) is 5.57 Å². The topological polar surface area (TPSA) is 24.9 Å². The molecule has 2 nitrogen and oxygen atoms in total. The van der Waals surface area contributed by atoms with Crippen molar-refractivity contribution in [2.24, 2.45) is 0 Å². The van der Waals surface area contributed by atoms with Crippen LogP contribution in [0.2, 0.25) is 5.15 Å². The monoisotopic (exact) mass is 236 g/mol. The fourth-order valence-electron chi connectivity index (χ4n) is 2.07. The van der Waals surface area contributed by atoms with Gasteiger partial charge in [0.1, 0.15) is 0 Å². The van der Waals surface area contributed by atoms with E-state index in [1.807, 2.05) is 6.92 Å². The van der Waals surface area contributed by atoms with Gasteiger partial charge in [-0.3, -0.25) is 0 Å². The highest BCUT2D eigenvalue weighted by atomic mass is 35.5. The molecule has 1 aromatic heterocycles. The third-order valence-electron chi connectivity index (χ3n) is 3.19. The predicted octanol–water partition coefficient (Wildman–Crippen LogP) is 3.86. The molecule has 1 N–H and O–H groups in total. The first-order valence-electron chi connectivity index (χ1n) is 5.52. The van der Waals surface area contributed by atoms with Crippen molar-refractivity contribution in [3.05, 3.63) is 29.1 Å². The van der Waals surface area contributed by atoms with E-state index in [2.05, 4.69) is 36.8 Å². The van der Waals surface area contributed by atoms with Crippen LogP contribution in [-0.2, 0) is 5.41 Å². The smallest absolute Gasteiger partial charge is 0.153 e. The lowest BCUT2D eigenvalue weighted by Crippen LogP contribution is -2.29. The summed E-state index contributed by atoms with van der Waals surface area (Å²) in [4.78, 5) is 4.35. The van der Waals surface area contributed by atoms with Gasteiger partial charge in [-0.2, -0.15) is 0 Å². The number of hydrogen-bond acceptors (Lipinski definition) is 2. The summed E-state index contributed by atoms with van der Waals surface area (Å²) in [5.41, 5.74) is 4.23. The van der Waals surface area contributed by atoms with Crippen LogP contribution in [0.3, 0.4) is 0 Å². The molecule has 0 aliphatic carbocycles. The molecule has 1 aliphatic rings. The van der Waals surface area contributed by atoms with Crippen LogP contribution in [0.5, 0.6) is 0 Å². The molecule has 0 radical (unpaired) electrons. The summed E-state index contributed by atoms with van der Waals surface area (Å²) < 4.78 is 0. The van der Waals surface area contributed by atoms with Crippen molar-refractivity contribution in [3.8, 4) is 0 Å². The van der Waals surface area contributed by atoms with Crippen LogP contribution in [0.1, 0.15) is 38.4 Å². The van der Waals surface area contributed by atoms with Crippen molar-refractivity contribution in [2.75, 3.05) is 11.9 Å². The molecule has 1 aliphatic heterocycles. The lowest BCUT2D eigenvalue weighted by molar-refractivity contribution is 0.481. The molecule has 0 bridgehead atoms. The lowest BCUT2D eigenvalue weighted by atomic mass is 9.78. The van der Waals surface area contributed by atoms with Crippen LogP contribution in [0.15, 0.2) is 12.6 Å². The first kappa shape index (κ1) is 11.5. The Labute approximate surface area is 102 Å². The zero-order valence-corrected chi connectivity index (χ0v) is 10.8. The molecule has 3 heteroatoms. The van der Waals surface area contributed by atoms with E-state index in [1.165, 1.54) is 5.56 Å². The maximum Gasteiger partial charge on any atom is 0.153 e. The summed E-state index contributed by atoms with van der Waals surface area (Å²) in [6, 6.07) is 2.11. The van der Waals surface area contributed by atoms with E-state index in [4.69, 9.17) is 11.6 Å². The van der Waals surface area contributed by atoms with Crippen molar-refractivity contribution in [1.29, 1.82) is 0 Å². The van der Waals surface area contributed by atoms with Crippen molar-refractivity contribution in [1.82, 2.24) is 4.98 Å². The number of allylic oxidation sites excluding steroid dienone is 1. The molecule has 0 unspecified atom stereocenters. The fraction of sp³-hybridized carbons (Fsp3) is 0.462. The summed E-state index contributed by atoms with van der Waals surface area (Å²) in [7, 11) is 0. The van der Waals surface area contributed by atoms with E-state index in [0.717, 1.165) is 29.9 Å². The second-order valence-electron chi connectivity index (χ2n) is 5.06. The number of halogens is 1. The van der Waals surface area contributed by atoms with Gasteiger partial charge in [0, 0.05) is 6.54 Å². The molecule has 0 aromatic carbocycles. The number of aromatic nitrogens is 1. The van der Waals surface area contributed by atoms with Gasteiger partial charge in [0.05, 0.1) is 11.4 Å². The van der Waals surface area contributed by atoms with E-state index in [1.54, 1.807) is 0 Å². The van der Waals surface area contributed by atoms with Gasteiger partial charge in [-0.15, -0.1) is 0 Å². The van der Waals surface area contributed by atoms with Crippen molar-refractivity contribution >= 4 is 22.9 Å². The number of anilines is 1. The Morgan fingerprint density at radius 2 is 2.25 bits per heavy atom. The van der Waals surface area contributed by atoms with E-state index >= 15 is 0 Å². The molecule has 0 atom stereocenters. The van der Waals surface area contributed by atoms with Gasteiger partial charge >= 0.3 is 0 Å². The van der Waals surface area contributed by atoms with Gasteiger partial charge in [-0.25, -0.2) is 4.98 Å². The molecule has 0 saturated heterocycles. The maximum atomic E-state index is 6.20. The highest BCUT2D eigenvalue weighted by Crippen LogP contribution is 2.40. The van der Waals surface area contributed by atoms with Gasteiger partial charge in [-0.05, 0) is 36.0 Å². The molecule has 0 fully saturated rings. The summed E-state index contributed by atoms with van der Waals surface area (Å²) in [6.45, 7) is 11.3. The van der Waals surface area contributed by atoms with Crippen molar-refractivity contribution < 1.29 is 0 Å². The van der Waals surface area contributed by atoms with Crippen LogP contribution in [0, 0.1) is 0 Å². The average Bonchev–Trinajstić information content (AvgIpc) is 2.18.